The third kappa shape index (κ3) is 2.29. The van der Waals surface area contributed by atoms with Gasteiger partial charge in [0.2, 0.25) is 5.91 Å². The van der Waals surface area contributed by atoms with Crippen LogP contribution < -0.4 is 5.32 Å². The van der Waals surface area contributed by atoms with Crippen LogP contribution >= 0.6 is 0 Å². The van der Waals surface area contributed by atoms with E-state index in [2.05, 4.69) is 15.5 Å². The molecule has 5 heteroatoms. The molecule has 0 radical (unpaired) electrons. The number of hydrogen-bond donors (Lipinski definition) is 3. The number of amides is 1. The quantitative estimate of drug-likeness (QED) is 0.598. The Labute approximate surface area is 76.2 Å². The van der Waals surface area contributed by atoms with Crippen molar-refractivity contribution in [3.05, 3.63) is 17.0 Å². The fraction of sp³-hybridized carbons (Fsp3) is 0.500. The molecule has 1 aromatic heterocycles. The van der Waals surface area contributed by atoms with Gasteiger partial charge in [0.25, 0.3) is 0 Å². The van der Waals surface area contributed by atoms with Crippen LogP contribution in [-0.4, -0.2) is 27.8 Å². The standard InChI is InChI=1S/C8H13N3O2/c1-5-7(6(2)11-10-5)3-9-8(13)4-12/h12H,3-4H2,1-2H3,(H,9,13)(H,10,11). The van der Waals surface area contributed by atoms with Gasteiger partial charge in [0.1, 0.15) is 6.61 Å². The van der Waals surface area contributed by atoms with E-state index in [0.29, 0.717) is 6.54 Å². The largest absolute Gasteiger partial charge is 0.387 e. The Hall–Kier alpha value is -1.36. The molecule has 3 N–H and O–H groups in total. The predicted octanol–water partition coefficient (Wildman–Crippen LogP) is -0.365. The molecular formula is C8H13N3O2. The molecule has 13 heavy (non-hydrogen) atoms. The lowest BCUT2D eigenvalue weighted by Crippen LogP contribution is -2.25. The first kappa shape index (κ1) is 9.73. The third-order valence-electron chi connectivity index (χ3n) is 1.89. The number of carbonyl (C=O) groups excluding carboxylic acids is 1. The summed E-state index contributed by atoms with van der Waals surface area (Å²) in [4.78, 5) is 10.7. The summed E-state index contributed by atoms with van der Waals surface area (Å²) in [5.41, 5.74) is 2.79. The van der Waals surface area contributed by atoms with Crippen molar-refractivity contribution in [2.75, 3.05) is 6.61 Å². The number of carbonyl (C=O) groups is 1. The highest BCUT2D eigenvalue weighted by Crippen LogP contribution is 2.07. The molecule has 0 bridgehead atoms. The number of rotatable bonds is 3. The first-order valence-electron chi connectivity index (χ1n) is 4.03. The van der Waals surface area contributed by atoms with Crippen molar-refractivity contribution in [2.24, 2.45) is 0 Å². The van der Waals surface area contributed by atoms with Gasteiger partial charge < -0.3 is 10.4 Å². The number of H-pyrrole nitrogens is 1. The first-order chi connectivity index (χ1) is 6.15. The SMILES string of the molecule is Cc1n[nH]c(C)c1CNC(=O)CO. The second-order valence-corrected chi connectivity index (χ2v) is 2.85. The van der Waals surface area contributed by atoms with Gasteiger partial charge in [-0.15, -0.1) is 0 Å². The predicted molar refractivity (Wildman–Crippen MR) is 47.0 cm³/mol. The van der Waals surface area contributed by atoms with Crippen LogP contribution in [0.1, 0.15) is 17.0 Å². The highest BCUT2D eigenvalue weighted by molar-refractivity contribution is 5.76. The molecule has 0 spiro atoms. The van der Waals surface area contributed by atoms with Crippen LogP contribution in [0.25, 0.3) is 0 Å². The Bertz CT molecular complexity index is 287. The maximum absolute atomic E-state index is 10.7. The van der Waals surface area contributed by atoms with Crippen molar-refractivity contribution in [3.63, 3.8) is 0 Å². The lowest BCUT2D eigenvalue weighted by atomic mass is 10.2. The lowest BCUT2D eigenvalue weighted by molar-refractivity contribution is -0.123. The smallest absolute Gasteiger partial charge is 0.245 e. The number of aryl methyl sites for hydroxylation is 2. The van der Waals surface area contributed by atoms with Crippen LogP contribution in [0, 0.1) is 13.8 Å². The van der Waals surface area contributed by atoms with E-state index < -0.39 is 6.61 Å². The van der Waals surface area contributed by atoms with Crippen LogP contribution in [0.5, 0.6) is 0 Å². The van der Waals surface area contributed by atoms with E-state index in [1.807, 2.05) is 13.8 Å². The highest BCUT2D eigenvalue weighted by Gasteiger charge is 2.06. The summed E-state index contributed by atoms with van der Waals surface area (Å²) in [6.07, 6.45) is 0. The maximum atomic E-state index is 10.7. The lowest BCUT2D eigenvalue weighted by Gasteiger charge is -2.02. The van der Waals surface area contributed by atoms with Crippen LogP contribution in [0.2, 0.25) is 0 Å². The van der Waals surface area contributed by atoms with Crippen molar-refractivity contribution in [1.82, 2.24) is 15.5 Å². The Morgan fingerprint density at radius 3 is 2.77 bits per heavy atom. The number of nitrogens with one attached hydrogen (secondary N) is 2. The Morgan fingerprint density at radius 1 is 1.62 bits per heavy atom. The van der Waals surface area contributed by atoms with E-state index in [0.717, 1.165) is 17.0 Å². The van der Waals surface area contributed by atoms with Crippen molar-refractivity contribution in [3.8, 4) is 0 Å². The summed E-state index contributed by atoms with van der Waals surface area (Å²) >= 11 is 0. The fourth-order valence-corrected chi connectivity index (χ4v) is 1.08. The van der Waals surface area contributed by atoms with Crippen molar-refractivity contribution in [1.29, 1.82) is 0 Å². The van der Waals surface area contributed by atoms with Crippen LogP contribution in [-0.2, 0) is 11.3 Å². The van der Waals surface area contributed by atoms with Gasteiger partial charge in [-0.2, -0.15) is 5.10 Å². The topological polar surface area (TPSA) is 78.0 Å². The molecule has 0 saturated heterocycles. The van der Waals surface area contributed by atoms with Gasteiger partial charge in [0.05, 0.1) is 5.69 Å². The number of aromatic amines is 1. The molecule has 1 amide bonds. The molecule has 0 fully saturated rings. The van der Waals surface area contributed by atoms with E-state index in [1.165, 1.54) is 0 Å². The summed E-state index contributed by atoms with van der Waals surface area (Å²) in [5.74, 6) is -0.375. The summed E-state index contributed by atoms with van der Waals surface area (Å²) in [6.45, 7) is 3.69. The Balaban J connectivity index is 2.58. The second kappa shape index (κ2) is 4.04. The van der Waals surface area contributed by atoms with Gasteiger partial charge in [-0.25, -0.2) is 0 Å². The number of aliphatic hydroxyl groups excluding tert-OH is 1. The molecule has 0 aliphatic rings. The van der Waals surface area contributed by atoms with E-state index in [9.17, 15) is 4.79 Å². The van der Waals surface area contributed by atoms with E-state index in [1.54, 1.807) is 0 Å². The molecule has 0 aromatic carbocycles. The summed E-state index contributed by atoms with van der Waals surface area (Å²) in [5, 5.41) is 17.8. The van der Waals surface area contributed by atoms with E-state index >= 15 is 0 Å². The number of hydrogen-bond acceptors (Lipinski definition) is 3. The molecule has 0 unspecified atom stereocenters. The van der Waals surface area contributed by atoms with E-state index in [-0.39, 0.29) is 5.91 Å². The molecular weight excluding hydrogens is 170 g/mol. The average molecular weight is 183 g/mol. The highest BCUT2D eigenvalue weighted by atomic mass is 16.3. The number of nitrogens with zero attached hydrogens (tertiary/aromatic N) is 1. The molecule has 0 saturated carbocycles. The van der Waals surface area contributed by atoms with Crippen LogP contribution in [0.3, 0.4) is 0 Å². The molecule has 0 aliphatic heterocycles. The zero-order valence-electron chi connectivity index (χ0n) is 7.72. The molecule has 0 aliphatic carbocycles. The van der Waals surface area contributed by atoms with Crippen molar-refractivity contribution in [2.45, 2.75) is 20.4 Å². The van der Waals surface area contributed by atoms with Gasteiger partial charge in [0, 0.05) is 17.8 Å². The molecule has 1 heterocycles. The second-order valence-electron chi connectivity index (χ2n) is 2.85. The summed E-state index contributed by atoms with van der Waals surface area (Å²) < 4.78 is 0. The van der Waals surface area contributed by atoms with E-state index in [4.69, 9.17) is 5.11 Å². The molecule has 1 aromatic rings. The van der Waals surface area contributed by atoms with Gasteiger partial charge in [-0.05, 0) is 13.8 Å². The zero-order chi connectivity index (χ0) is 9.84. The molecule has 1 rings (SSSR count). The summed E-state index contributed by atoms with van der Waals surface area (Å²) in [7, 11) is 0. The minimum absolute atomic E-state index is 0.375. The van der Waals surface area contributed by atoms with Crippen LogP contribution in [0.15, 0.2) is 0 Å². The third-order valence-corrected chi connectivity index (χ3v) is 1.89. The fourth-order valence-electron chi connectivity index (χ4n) is 1.08. The Kier molecular flexibility index (Phi) is 3.02. The van der Waals surface area contributed by atoms with Gasteiger partial charge in [0.15, 0.2) is 0 Å². The molecule has 72 valence electrons. The average Bonchev–Trinajstić information content (AvgIpc) is 2.43. The van der Waals surface area contributed by atoms with Gasteiger partial charge >= 0.3 is 0 Å². The Morgan fingerprint density at radius 2 is 2.31 bits per heavy atom. The number of aliphatic hydroxyl groups is 1. The maximum Gasteiger partial charge on any atom is 0.245 e. The first-order valence-corrected chi connectivity index (χ1v) is 4.03. The minimum atomic E-state index is -0.476. The monoisotopic (exact) mass is 183 g/mol. The van der Waals surface area contributed by atoms with Gasteiger partial charge in [-0.1, -0.05) is 0 Å². The number of aromatic nitrogens is 2. The molecule has 0 atom stereocenters. The summed E-state index contributed by atoms with van der Waals surface area (Å²) in [6, 6.07) is 0. The van der Waals surface area contributed by atoms with Crippen molar-refractivity contribution >= 4 is 5.91 Å². The van der Waals surface area contributed by atoms with Crippen LogP contribution in [0.4, 0.5) is 0 Å². The molecule has 5 nitrogen and oxygen atoms in total. The minimum Gasteiger partial charge on any atom is -0.387 e. The zero-order valence-corrected chi connectivity index (χ0v) is 7.72. The van der Waals surface area contributed by atoms with Gasteiger partial charge in [-0.3, -0.25) is 9.89 Å². The normalized spacial score (nSPS) is 10.1. The van der Waals surface area contributed by atoms with Crippen molar-refractivity contribution < 1.29 is 9.90 Å².